The second-order valence-electron chi connectivity index (χ2n) is 4.74. The van der Waals surface area contributed by atoms with Crippen LogP contribution in [0.15, 0.2) is 18.5 Å². The minimum Gasteiger partial charge on any atom is -0.312 e. The second kappa shape index (κ2) is 6.20. The van der Waals surface area contributed by atoms with Gasteiger partial charge in [-0.25, -0.2) is 9.50 Å². The van der Waals surface area contributed by atoms with E-state index in [2.05, 4.69) is 28.6 Å². The summed E-state index contributed by atoms with van der Waals surface area (Å²) in [7, 11) is 0. The van der Waals surface area contributed by atoms with Crippen LogP contribution in [0, 0.1) is 12.8 Å². The second-order valence-corrected chi connectivity index (χ2v) is 5.65. The number of rotatable bonds is 6. The summed E-state index contributed by atoms with van der Waals surface area (Å²) in [5.74, 6) is 1.89. The molecule has 0 aliphatic heterocycles. The maximum absolute atomic E-state index is 4.39. The molecular weight excluding hydrogens is 244 g/mol. The Bertz CT molecular complexity index is 509. The molecule has 2 heterocycles. The smallest absolute Gasteiger partial charge is 0.155 e. The lowest BCUT2D eigenvalue weighted by Crippen LogP contribution is -2.22. The van der Waals surface area contributed by atoms with Crippen molar-refractivity contribution in [2.45, 2.75) is 20.4 Å². The Kier molecular flexibility index (Phi) is 4.60. The van der Waals surface area contributed by atoms with Crippen molar-refractivity contribution < 1.29 is 0 Å². The van der Waals surface area contributed by atoms with Gasteiger partial charge in [-0.15, -0.1) is 0 Å². The van der Waals surface area contributed by atoms with Crippen molar-refractivity contribution in [3.63, 3.8) is 0 Å². The fourth-order valence-corrected chi connectivity index (χ4v) is 2.62. The molecule has 2 aromatic heterocycles. The van der Waals surface area contributed by atoms with Crippen molar-refractivity contribution in [1.29, 1.82) is 0 Å². The molecule has 0 aromatic carbocycles. The van der Waals surface area contributed by atoms with Crippen molar-refractivity contribution in [2.24, 2.45) is 5.92 Å². The van der Waals surface area contributed by atoms with Gasteiger partial charge < -0.3 is 5.32 Å². The van der Waals surface area contributed by atoms with E-state index in [1.54, 1.807) is 0 Å². The zero-order valence-corrected chi connectivity index (χ0v) is 12.0. The average Bonchev–Trinajstić information content (AvgIpc) is 2.69. The monoisotopic (exact) mass is 264 g/mol. The van der Waals surface area contributed by atoms with Gasteiger partial charge in [-0.1, -0.05) is 6.92 Å². The molecule has 1 N–H and O–H groups in total. The van der Waals surface area contributed by atoms with Gasteiger partial charge in [-0.2, -0.15) is 16.9 Å². The maximum Gasteiger partial charge on any atom is 0.155 e. The first-order chi connectivity index (χ1) is 8.69. The molecule has 5 heteroatoms. The average molecular weight is 264 g/mol. The molecule has 0 saturated heterocycles. The molecule has 0 spiro atoms. The summed E-state index contributed by atoms with van der Waals surface area (Å²) >= 11 is 1.89. The zero-order valence-electron chi connectivity index (χ0n) is 11.2. The highest BCUT2D eigenvalue weighted by atomic mass is 32.2. The van der Waals surface area contributed by atoms with Crippen LogP contribution in [-0.2, 0) is 6.54 Å². The molecule has 2 aromatic rings. The Morgan fingerprint density at radius 2 is 2.33 bits per heavy atom. The van der Waals surface area contributed by atoms with E-state index >= 15 is 0 Å². The van der Waals surface area contributed by atoms with Crippen LogP contribution in [0.25, 0.3) is 5.65 Å². The van der Waals surface area contributed by atoms with Crippen molar-refractivity contribution in [3.05, 3.63) is 29.7 Å². The van der Waals surface area contributed by atoms with E-state index in [1.165, 1.54) is 11.3 Å². The van der Waals surface area contributed by atoms with Crippen LogP contribution >= 0.6 is 11.8 Å². The Morgan fingerprint density at radius 1 is 1.50 bits per heavy atom. The first kappa shape index (κ1) is 13.4. The van der Waals surface area contributed by atoms with E-state index < -0.39 is 0 Å². The summed E-state index contributed by atoms with van der Waals surface area (Å²) in [5.41, 5.74) is 3.08. The van der Waals surface area contributed by atoms with Crippen molar-refractivity contribution in [3.8, 4) is 0 Å². The lowest BCUT2D eigenvalue weighted by Gasteiger charge is -2.10. The first-order valence-corrected chi connectivity index (χ1v) is 7.59. The van der Waals surface area contributed by atoms with Crippen molar-refractivity contribution in [1.82, 2.24) is 19.9 Å². The summed E-state index contributed by atoms with van der Waals surface area (Å²) in [6.45, 7) is 6.14. The molecule has 1 unspecified atom stereocenters. The van der Waals surface area contributed by atoms with Gasteiger partial charge in [-0.3, -0.25) is 0 Å². The van der Waals surface area contributed by atoms with E-state index in [0.29, 0.717) is 5.92 Å². The van der Waals surface area contributed by atoms with Crippen LogP contribution < -0.4 is 5.32 Å². The minimum atomic E-state index is 0.698. The number of hydrogen-bond acceptors (Lipinski definition) is 4. The Hall–Kier alpha value is -1.07. The molecule has 0 radical (unpaired) electrons. The lowest BCUT2D eigenvalue weighted by atomic mass is 10.2. The zero-order chi connectivity index (χ0) is 13.0. The predicted octanol–water partition coefficient (Wildman–Crippen LogP) is 2.13. The summed E-state index contributed by atoms with van der Waals surface area (Å²) in [5, 5.41) is 7.83. The highest BCUT2D eigenvalue weighted by Crippen LogP contribution is 2.06. The van der Waals surface area contributed by atoms with Gasteiger partial charge in [0.1, 0.15) is 0 Å². The van der Waals surface area contributed by atoms with Gasteiger partial charge in [0.25, 0.3) is 0 Å². The van der Waals surface area contributed by atoms with Gasteiger partial charge >= 0.3 is 0 Å². The van der Waals surface area contributed by atoms with Gasteiger partial charge in [0.15, 0.2) is 5.65 Å². The highest BCUT2D eigenvalue weighted by Gasteiger charge is 2.03. The number of fused-ring (bicyclic) bond motifs is 1. The standard InChI is InChI=1S/C13H20N4S/c1-10(9-18-3)5-14-6-12-7-15-13-4-11(2)16-17(13)8-12/h4,7-8,10,14H,5-6,9H2,1-3H3. The molecule has 1 atom stereocenters. The van der Waals surface area contributed by atoms with Crippen LogP contribution in [0.2, 0.25) is 0 Å². The van der Waals surface area contributed by atoms with E-state index in [0.717, 1.165) is 24.4 Å². The topological polar surface area (TPSA) is 42.2 Å². The molecule has 98 valence electrons. The highest BCUT2D eigenvalue weighted by molar-refractivity contribution is 7.98. The van der Waals surface area contributed by atoms with Crippen LogP contribution in [0.1, 0.15) is 18.2 Å². The van der Waals surface area contributed by atoms with Gasteiger partial charge in [0.2, 0.25) is 0 Å². The van der Waals surface area contributed by atoms with E-state index in [4.69, 9.17) is 0 Å². The minimum absolute atomic E-state index is 0.698. The van der Waals surface area contributed by atoms with Crippen molar-refractivity contribution >= 4 is 17.4 Å². The Labute approximate surface area is 112 Å². The Balaban J connectivity index is 1.91. The van der Waals surface area contributed by atoms with Crippen molar-refractivity contribution in [2.75, 3.05) is 18.6 Å². The molecular formula is C13H20N4S. The summed E-state index contributed by atoms with van der Waals surface area (Å²) in [4.78, 5) is 4.39. The normalized spacial score (nSPS) is 13.1. The molecule has 0 aliphatic carbocycles. The third-order valence-corrected chi connectivity index (χ3v) is 3.66. The quantitative estimate of drug-likeness (QED) is 0.868. The van der Waals surface area contributed by atoms with Crippen LogP contribution in [0.4, 0.5) is 0 Å². The maximum atomic E-state index is 4.39. The first-order valence-electron chi connectivity index (χ1n) is 6.19. The molecule has 0 amide bonds. The van der Waals surface area contributed by atoms with E-state index in [9.17, 15) is 0 Å². The van der Waals surface area contributed by atoms with Gasteiger partial charge in [-0.05, 0) is 31.4 Å². The molecule has 4 nitrogen and oxygen atoms in total. The largest absolute Gasteiger partial charge is 0.312 e. The molecule has 0 saturated carbocycles. The Morgan fingerprint density at radius 3 is 3.11 bits per heavy atom. The van der Waals surface area contributed by atoms with Gasteiger partial charge in [0.05, 0.1) is 5.69 Å². The summed E-state index contributed by atoms with van der Waals surface area (Å²) < 4.78 is 1.84. The van der Waals surface area contributed by atoms with E-state index in [-0.39, 0.29) is 0 Å². The van der Waals surface area contributed by atoms with E-state index in [1.807, 2.05) is 41.7 Å². The SMILES string of the molecule is CSCC(C)CNCc1cnc2cc(C)nn2c1. The number of aromatic nitrogens is 3. The third kappa shape index (κ3) is 3.46. The lowest BCUT2D eigenvalue weighted by molar-refractivity contribution is 0.557. The van der Waals surface area contributed by atoms with Crippen LogP contribution in [-0.4, -0.2) is 33.2 Å². The fourth-order valence-electron chi connectivity index (χ4n) is 1.93. The summed E-state index contributed by atoms with van der Waals surface area (Å²) in [6, 6.07) is 1.98. The number of hydrogen-bond donors (Lipinski definition) is 1. The fraction of sp³-hybridized carbons (Fsp3) is 0.538. The number of nitrogens with one attached hydrogen (secondary N) is 1. The summed E-state index contributed by atoms with van der Waals surface area (Å²) in [6.07, 6.45) is 6.11. The number of aryl methyl sites for hydroxylation is 1. The van der Waals surface area contributed by atoms with Gasteiger partial charge in [0, 0.05) is 30.6 Å². The van der Waals surface area contributed by atoms with Crippen LogP contribution in [0.3, 0.4) is 0 Å². The molecule has 0 fully saturated rings. The van der Waals surface area contributed by atoms with Crippen LogP contribution in [0.5, 0.6) is 0 Å². The molecule has 18 heavy (non-hydrogen) atoms. The molecule has 0 bridgehead atoms. The number of nitrogens with zero attached hydrogens (tertiary/aromatic N) is 3. The third-order valence-electron chi connectivity index (χ3n) is 2.76. The molecule has 2 rings (SSSR count). The number of thioether (sulfide) groups is 1. The molecule has 0 aliphatic rings. The predicted molar refractivity (Wildman–Crippen MR) is 77.0 cm³/mol.